The van der Waals surface area contributed by atoms with Gasteiger partial charge in [-0.15, -0.1) is 0 Å². The van der Waals surface area contributed by atoms with Gasteiger partial charge in [-0.25, -0.2) is 0 Å². The number of fused-ring (bicyclic) bond motifs is 1. The molecule has 2 saturated heterocycles. The summed E-state index contributed by atoms with van der Waals surface area (Å²) in [7, 11) is 0. The van der Waals surface area contributed by atoms with Crippen LogP contribution in [0.1, 0.15) is 28.9 Å². The summed E-state index contributed by atoms with van der Waals surface area (Å²) in [4.78, 5) is 18.9. The largest absolute Gasteiger partial charge is 0.367 e. The number of pyridine rings is 1. The molecule has 1 aromatic heterocycles. The van der Waals surface area contributed by atoms with Crippen molar-refractivity contribution in [2.24, 2.45) is 0 Å². The van der Waals surface area contributed by atoms with Crippen molar-refractivity contribution in [1.29, 1.82) is 0 Å². The predicted octanol–water partition coefficient (Wildman–Crippen LogP) is 1.44. The fourth-order valence-electron chi connectivity index (χ4n) is 2.78. The van der Waals surface area contributed by atoms with Gasteiger partial charge in [0.1, 0.15) is 6.10 Å². The van der Waals surface area contributed by atoms with E-state index in [4.69, 9.17) is 4.74 Å². The number of Topliss-reactive ketones (excluding diaryl/α,β-unsaturated/α-hetero) is 1. The summed E-state index contributed by atoms with van der Waals surface area (Å²) in [5.74, 6) is 0.0628. The van der Waals surface area contributed by atoms with Crippen molar-refractivity contribution >= 4 is 5.78 Å². The zero-order valence-electron chi connectivity index (χ0n) is 10.6. The van der Waals surface area contributed by atoms with Crippen molar-refractivity contribution in [3.05, 3.63) is 29.6 Å². The third-order valence-electron chi connectivity index (χ3n) is 3.88. The zero-order chi connectivity index (χ0) is 12.5. The van der Waals surface area contributed by atoms with Crippen LogP contribution in [0.5, 0.6) is 0 Å². The number of morpholine rings is 1. The summed E-state index contributed by atoms with van der Waals surface area (Å²) >= 11 is 0. The number of carbonyl (C=O) groups is 1. The second kappa shape index (κ2) is 4.78. The van der Waals surface area contributed by atoms with Gasteiger partial charge < -0.3 is 4.74 Å². The lowest BCUT2D eigenvalue weighted by Gasteiger charge is -2.34. The Kier molecular flexibility index (Phi) is 3.14. The van der Waals surface area contributed by atoms with Gasteiger partial charge in [0, 0.05) is 30.0 Å². The summed E-state index contributed by atoms with van der Waals surface area (Å²) in [6, 6.07) is 4.24. The maximum Gasteiger partial charge on any atom is 0.194 e. The molecule has 0 N–H and O–H groups in total. The van der Waals surface area contributed by atoms with Crippen molar-refractivity contribution in [3.8, 4) is 0 Å². The lowest BCUT2D eigenvalue weighted by molar-refractivity contribution is -0.0344. The quantitative estimate of drug-likeness (QED) is 0.740. The van der Waals surface area contributed by atoms with Crippen molar-refractivity contribution in [3.63, 3.8) is 0 Å². The molecular weight excluding hydrogens is 228 g/mol. The van der Waals surface area contributed by atoms with Crippen LogP contribution in [0.2, 0.25) is 0 Å². The summed E-state index contributed by atoms with van der Waals surface area (Å²) in [5, 5.41) is 0. The molecule has 0 amide bonds. The Bertz CT molecular complexity index is 444. The minimum absolute atomic E-state index is 0.0628. The molecule has 2 unspecified atom stereocenters. The molecule has 0 spiro atoms. The maximum atomic E-state index is 12.3. The zero-order valence-corrected chi connectivity index (χ0v) is 10.6. The molecule has 2 fully saturated rings. The topological polar surface area (TPSA) is 42.4 Å². The van der Waals surface area contributed by atoms with Crippen molar-refractivity contribution in [1.82, 2.24) is 9.88 Å². The van der Waals surface area contributed by atoms with Crippen LogP contribution in [0.3, 0.4) is 0 Å². The molecule has 2 aliphatic rings. The van der Waals surface area contributed by atoms with E-state index in [9.17, 15) is 4.79 Å². The first-order valence-corrected chi connectivity index (χ1v) is 6.56. The van der Waals surface area contributed by atoms with E-state index >= 15 is 0 Å². The Hall–Kier alpha value is -1.26. The third-order valence-corrected chi connectivity index (χ3v) is 3.88. The van der Waals surface area contributed by atoms with Crippen molar-refractivity contribution in [2.75, 3.05) is 19.7 Å². The van der Waals surface area contributed by atoms with Crippen LogP contribution in [0, 0.1) is 6.92 Å². The van der Waals surface area contributed by atoms with E-state index in [0.29, 0.717) is 18.2 Å². The highest BCUT2D eigenvalue weighted by atomic mass is 16.5. The molecule has 96 valence electrons. The van der Waals surface area contributed by atoms with E-state index in [1.165, 1.54) is 12.8 Å². The molecule has 2 aliphatic heterocycles. The number of ketones is 1. The number of hydrogen-bond acceptors (Lipinski definition) is 4. The molecule has 0 saturated carbocycles. The highest BCUT2D eigenvalue weighted by Crippen LogP contribution is 2.23. The van der Waals surface area contributed by atoms with Gasteiger partial charge in [0.25, 0.3) is 0 Å². The highest BCUT2D eigenvalue weighted by molar-refractivity contribution is 5.99. The Balaban J connectivity index is 1.71. The Morgan fingerprint density at radius 2 is 2.39 bits per heavy atom. The third kappa shape index (κ3) is 2.18. The summed E-state index contributed by atoms with van der Waals surface area (Å²) in [5.41, 5.74) is 1.58. The number of rotatable bonds is 2. The van der Waals surface area contributed by atoms with Gasteiger partial charge in [0.05, 0.1) is 6.61 Å². The number of carbonyl (C=O) groups excluding carboxylic acids is 1. The average molecular weight is 246 g/mol. The van der Waals surface area contributed by atoms with Crippen LogP contribution in [-0.2, 0) is 4.74 Å². The number of ether oxygens (including phenoxy) is 1. The molecule has 1 aromatic rings. The van der Waals surface area contributed by atoms with Gasteiger partial charge in [-0.05, 0) is 38.4 Å². The summed E-state index contributed by atoms with van der Waals surface area (Å²) in [6.07, 6.45) is 3.76. The summed E-state index contributed by atoms with van der Waals surface area (Å²) in [6.45, 7) is 4.44. The number of hydrogen-bond donors (Lipinski definition) is 0. The lowest BCUT2D eigenvalue weighted by Crippen LogP contribution is -2.49. The second-order valence-corrected chi connectivity index (χ2v) is 5.17. The smallest absolute Gasteiger partial charge is 0.194 e. The van der Waals surface area contributed by atoms with E-state index in [-0.39, 0.29) is 11.9 Å². The number of aromatic nitrogens is 1. The monoisotopic (exact) mass is 246 g/mol. The van der Waals surface area contributed by atoms with Crippen LogP contribution >= 0.6 is 0 Å². The first-order chi connectivity index (χ1) is 8.74. The minimum Gasteiger partial charge on any atom is -0.367 e. The van der Waals surface area contributed by atoms with Gasteiger partial charge >= 0.3 is 0 Å². The Morgan fingerprint density at radius 1 is 1.50 bits per heavy atom. The number of nitrogens with zero attached hydrogens (tertiary/aromatic N) is 2. The SMILES string of the molecule is Cc1ccc(C(=O)C2CN3CCCC3CO2)cn1. The second-order valence-electron chi connectivity index (χ2n) is 5.17. The van der Waals surface area contributed by atoms with E-state index in [1.807, 2.05) is 19.1 Å². The van der Waals surface area contributed by atoms with Gasteiger partial charge in [0.15, 0.2) is 5.78 Å². The van der Waals surface area contributed by atoms with E-state index < -0.39 is 0 Å². The van der Waals surface area contributed by atoms with Crippen LogP contribution in [0.4, 0.5) is 0 Å². The van der Waals surface area contributed by atoms with E-state index in [2.05, 4.69) is 9.88 Å². The average Bonchev–Trinajstić information content (AvgIpc) is 2.86. The normalized spacial score (nSPS) is 28.1. The molecule has 3 heterocycles. The molecule has 0 bridgehead atoms. The van der Waals surface area contributed by atoms with Crippen LogP contribution in [0.15, 0.2) is 18.3 Å². The first-order valence-electron chi connectivity index (χ1n) is 6.56. The minimum atomic E-state index is -0.316. The van der Waals surface area contributed by atoms with E-state index in [0.717, 1.165) is 18.8 Å². The predicted molar refractivity (Wildman–Crippen MR) is 67.6 cm³/mol. The molecule has 4 heteroatoms. The Labute approximate surface area is 107 Å². The standard InChI is InChI=1S/C14H18N2O2/c1-10-4-5-11(7-15-10)14(17)13-8-16-6-2-3-12(16)9-18-13/h4-5,7,12-13H,2-3,6,8-9H2,1H3. The molecule has 0 aromatic carbocycles. The van der Waals surface area contributed by atoms with Gasteiger partial charge in [-0.1, -0.05) is 0 Å². The molecule has 3 rings (SSSR count). The molecular formula is C14H18N2O2. The van der Waals surface area contributed by atoms with Gasteiger partial charge in [0.2, 0.25) is 0 Å². The fraction of sp³-hybridized carbons (Fsp3) is 0.571. The molecule has 0 aliphatic carbocycles. The first kappa shape index (κ1) is 11.8. The molecule has 0 radical (unpaired) electrons. The molecule has 2 atom stereocenters. The van der Waals surface area contributed by atoms with Crippen LogP contribution < -0.4 is 0 Å². The lowest BCUT2D eigenvalue weighted by atomic mass is 10.1. The van der Waals surface area contributed by atoms with Crippen LogP contribution in [-0.4, -0.2) is 47.5 Å². The van der Waals surface area contributed by atoms with Crippen LogP contribution in [0.25, 0.3) is 0 Å². The van der Waals surface area contributed by atoms with Gasteiger partial charge in [-0.2, -0.15) is 0 Å². The fourth-order valence-corrected chi connectivity index (χ4v) is 2.78. The van der Waals surface area contributed by atoms with Crippen molar-refractivity contribution < 1.29 is 9.53 Å². The molecule has 4 nitrogen and oxygen atoms in total. The highest BCUT2D eigenvalue weighted by Gasteiger charge is 2.35. The Morgan fingerprint density at radius 3 is 3.17 bits per heavy atom. The van der Waals surface area contributed by atoms with E-state index in [1.54, 1.807) is 6.20 Å². The summed E-state index contributed by atoms with van der Waals surface area (Å²) < 4.78 is 5.72. The molecule has 18 heavy (non-hydrogen) atoms. The maximum absolute atomic E-state index is 12.3. The number of aryl methyl sites for hydroxylation is 1. The van der Waals surface area contributed by atoms with Crippen molar-refractivity contribution in [2.45, 2.75) is 31.9 Å². The van der Waals surface area contributed by atoms with Gasteiger partial charge in [-0.3, -0.25) is 14.7 Å².